The van der Waals surface area contributed by atoms with Gasteiger partial charge in [-0.25, -0.2) is 4.39 Å². The van der Waals surface area contributed by atoms with Gasteiger partial charge in [-0.1, -0.05) is 6.92 Å². The number of rotatable bonds is 3. The second kappa shape index (κ2) is 6.38. The molecule has 2 heterocycles. The van der Waals surface area contributed by atoms with Crippen molar-refractivity contribution in [3.05, 3.63) is 39.4 Å². The van der Waals surface area contributed by atoms with Crippen LogP contribution in [0.5, 0.6) is 0 Å². The summed E-state index contributed by atoms with van der Waals surface area (Å²) in [6.07, 6.45) is 2.51. The standard InChI is InChI=1S/C16H19FN2S2/c1-12-6-8-18(9-7-12)11-19-15(10-21-16(19)20)13-2-4-14(17)5-3-13/h2-5,10,12H,6-9,11H2,1H3. The molecule has 5 heteroatoms. The van der Waals surface area contributed by atoms with E-state index in [-0.39, 0.29) is 5.82 Å². The summed E-state index contributed by atoms with van der Waals surface area (Å²) in [4.78, 5) is 2.45. The van der Waals surface area contributed by atoms with Crippen molar-refractivity contribution in [1.82, 2.24) is 9.47 Å². The van der Waals surface area contributed by atoms with Crippen LogP contribution in [-0.4, -0.2) is 22.6 Å². The molecule has 0 spiro atoms. The first-order valence-corrected chi connectivity index (χ1v) is 8.59. The van der Waals surface area contributed by atoms with E-state index in [1.54, 1.807) is 11.3 Å². The third-order valence-corrected chi connectivity index (χ3v) is 5.41. The maximum atomic E-state index is 13.1. The Hall–Kier alpha value is -1.04. The highest BCUT2D eigenvalue weighted by molar-refractivity contribution is 7.73. The summed E-state index contributed by atoms with van der Waals surface area (Å²) >= 11 is 7.05. The van der Waals surface area contributed by atoms with Gasteiger partial charge in [0.15, 0.2) is 3.95 Å². The zero-order valence-electron chi connectivity index (χ0n) is 12.1. The molecule has 2 nitrogen and oxygen atoms in total. The van der Waals surface area contributed by atoms with Crippen LogP contribution < -0.4 is 0 Å². The van der Waals surface area contributed by atoms with Crippen LogP contribution in [0.1, 0.15) is 19.8 Å². The summed E-state index contributed by atoms with van der Waals surface area (Å²) in [5, 5.41) is 2.07. The molecule has 1 aliphatic rings. The number of thiazole rings is 1. The molecule has 0 amide bonds. The number of aromatic nitrogens is 1. The van der Waals surface area contributed by atoms with Gasteiger partial charge >= 0.3 is 0 Å². The average molecular weight is 322 g/mol. The fourth-order valence-electron chi connectivity index (χ4n) is 2.71. The molecular formula is C16H19FN2S2. The molecule has 0 saturated carbocycles. The molecule has 1 aromatic carbocycles. The van der Waals surface area contributed by atoms with Crippen LogP contribution in [0.2, 0.25) is 0 Å². The average Bonchev–Trinajstić information content (AvgIpc) is 2.84. The fraction of sp³-hybridized carbons (Fsp3) is 0.438. The molecule has 0 atom stereocenters. The Kier molecular flexibility index (Phi) is 4.52. The van der Waals surface area contributed by atoms with E-state index in [1.807, 2.05) is 12.1 Å². The van der Waals surface area contributed by atoms with Crippen LogP contribution in [0, 0.1) is 15.7 Å². The highest BCUT2D eigenvalue weighted by Crippen LogP contribution is 2.26. The van der Waals surface area contributed by atoms with Crippen molar-refractivity contribution in [2.45, 2.75) is 26.4 Å². The van der Waals surface area contributed by atoms with Crippen molar-refractivity contribution in [2.24, 2.45) is 5.92 Å². The zero-order valence-corrected chi connectivity index (χ0v) is 13.7. The van der Waals surface area contributed by atoms with E-state index < -0.39 is 0 Å². The van der Waals surface area contributed by atoms with E-state index in [4.69, 9.17) is 12.2 Å². The molecule has 1 fully saturated rings. The van der Waals surface area contributed by atoms with E-state index in [2.05, 4.69) is 21.8 Å². The lowest BCUT2D eigenvalue weighted by molar-refractivity contribution is 0.154. The summed E-state index contributed by atoms with van der Waals surface area (Å²) in [6.45, 7) is 5.41. The molecule has 0 unspecified atom stereocenters. The molecule has 0 radical (unpaired) electrons. The smallest absolute Gasteiger partial charge is 0.162 e. The molecule has 21 heavy (non-hydrogen) atoms. The third-order valence-electron chi connectivity index (χ3n) is 4.14. The highest BCUT2D eigenvalue weighted by atomic mass is 32.1. The number of likely N-dealkylation sites (tertiary alicyclic amines) is 1. The normalized spacial score (nSPS) is 17.2. The molecule has 0 N–H and O–H groups in total. The second-order valence-electron chi connectivity index (χ2n) is 5.76. The third kappa shape index (κ3) is 3.42. The first kappa shape index (κ1) is 14.9. The molecule has 112 valence electrons. The quantitative estimate of drug-likeness (QED) is 0.752. The topological polar surface area (TPSA) is 8.17 Å². The van der Waals surface area contributed by atoms with E-state index in [9.17, 15) is 4.39 Å². The number of hydrogen-bond donors (Lipinski definition) is 0. The summed E-state index contributed by atoms with van der Waals surface area (Å²) in [6, 6.07) is 6.65. The van der Waals surface area contributed by atoms with Gasteiger partial charge in [-0.3, -0.25) is 4.90 Å². The summed E-state index contributed by atoms with van der Waals surface area (Å²) < 4.78 is 16.1. The second-order valence-corrected chi connectivity index (χ2v) is 7.27. The van der Waals surface area contributed by atoms with Crippen molar-refractivity contribution in [3.8, 4) is 11.3 Å². The van der Waals surface area contributed by atoms with Gasteiger partial charge in [0.25, 0.3) is 0 Å². The first-order valence-electron chi connectivity index (χ1n) is 7.30. The van der Waals surface area contributed by atoms with Crippen LogP contribution in [0.3, 0.4) is 0 Å². The van der Waals surface area contributed by atoms with Crippen LogP contribution in [0.15, 0.2) is 29.6 Å². The Morgan fingerprint density at radius 3 is 2.57 bits per heavy atom. The molecule has 0 bridgehead atoms. The van der Waals surface area contributed by atoms with Gasteiger partial charge in [-0.15, -0.1) is 11.3 Å². The van der Waals surface area contributed by atoms with Gasteiger partial charge in [0.2, 0.25) is 0 Å². The summed E-state index contributed by atoms with van der Waals surface area (Å²) in [5.74, 6) is 0.623. The molecule has 3 rings (SSSR count). The van der Waals surface area contributed by atoms with Crippen LogP contribution in [-0.2, 0) is 6.67 Å². The Morgan fingerprint density at radius 2 is 1.90 bits per heavy atom. The fourth-order valence-corrected chi connectivity index (χ4v) is 3.77. The van der Waals surface area contributed by atoms with Gasteiger partial charge < -0.3 is 4.57 Å². The molecular weight excluding hydrogens is 303 g/mol. The lowest BCUT2D eigenvalue weighted by atomic mass is 10.00. The first-order chi connectivity index (χ1) is 10.1. The molecule has 1 saturated heterocycles. The van der Waals surface area contributed by atoms with Gasteiger partial charge in [0, 0.05) is 18.5 Å². The van der Waals surface area contributed by atoms with Crippen LogP contribution >= 0.6 is 23.6 Å². The van der Waals surface area contributed by atoms with Crippen molar-refractivity contribution < 1.29 is 4.39 Å². The minimum atomic E-state index is -0.204. The van der Waals surface area contributed by atoms with E-state index >= 15 is 0 Å². The maximum Gasteiger partial charge on any atom is 0.162 e. The number of nitrogens with zero attached hydrogens (tertiary/aromatic N) is 2. The van der Waals surface area contributed by atoms with Gasteiger partial charge in [-0.05, 0) is 60.8 Å². The predicted octanol–water partition coefficient (Wildman–Crippen LogP) is 4.77. The lowest BCUT2D eigenvalue weighted by Gasteiger charge is -2.30. The highest BCUT2D eigenvalue weighted by Gasteiger charge is 2.17. The summed E-state index contributed by atoms with van der Waals surface area (Å²) in [7, 11) is 0. The monoisotopic (exact) mass is 322 g/mol. The Bertz CT molecular complexity index is 652. The Labute approximate surface area is 133 Å². The number of halogens is 1. The molecule has 1 aliphatic heterocycles. The zero-order chi connectivity index (χ0) is 14.8. The van der Waals surface area contributed by atoms with Gasteiger partial charge in [-0.2, -0.15) is 0 Å². The molecule has 2 aromatic rings. The molecule has 1 aromatic heterocycles. The van der Waals surface area contributed by atoms with E-state index in [0.717, 1.165) is 40.9 Å². The SMILES string of the molecule is CC1CCN(Cn2c(-c3ccc(F)cc3)csc2=S)CC1. The van der Waals surface area contributed by atoms with Gasteiger partial charge in [0.1, 0.15) is 5.82 Å². The largest absolute Gasteiger partial charge is 0.309 e. The number of piperidine rings is 1. The van der Waals surface area contributed by atoms with Crippen molar-refractivity contribution in [1.29, 1.82) is 0 Å². The Morgan fingerprint density at radius 1 is 1.24 bits per heavy atom. The minimum absolute atomic E-state index is 0.204. The van der Waals surface area contributed by atoms with Crippen LogP contribution in [0.4, 0.5) is 4.39 Å². The minimum Gasteiger partial charge on any atom is -0.309 e. The predicted molar refractivity (Wildman–Crippen MR) is 88.5 cm³/mol. The molecule has 0 aliphatic carbocycles. The van der Waals surface area contributed by atoms with Crippen molar-refractivity contribution >= 4 is 23.6 Å². The van der Waals surface area contributed by atoms with Crippen molar-refractivity contribution in [2.75, 3.05) is 13.1 Å². The Balaban J connectivity index is 1.84. The van der Waals surface area contributed by atoms with Crippen LogP contribution in [0.25, 0.3) is 11.3 Å². The van der Waals surface area contributed by atoms with E-state index in [0.29, 0.717) is 0 Å². The maximum absolute atomic E-state index is 13.1. The summed E-state index contributed by atoms with van der Waals surface area (Å²) in [5.41, 5.74) is 2.11. The lowest BCUT2D eigenvalue weighted by Crippen LogP contribution is -2.34. The number of hydrogen-bond acceptors (Lipinski definition) is 3. The van der Waals surface area contributed by atoms with Crippen molar-refractivity contribution in [3.63, 3.8) is 0 Å². The van der Waals surface area contributed by atoms with Gasteiger partial charge in [0.05, 0.1) is 12.4 Å². The van der Waals surface area contributed by atoms with E-state index in [1.165, 1.54) is 25.0 Å². The number of benzene rings is 1.